The number of aromatic nitrogens is 1. The number of benzene rings is 1. The topological polar surface area (TPSA) is 88.3 Å². The molecule has 1 heterocycles. The summed E-state index contributed by atoms with van der Waals surface area (Å²) in [5.74, 6) is 0.224. The van der Waals surface area contributed by atoms with Crippen LogP contribution in [0.15, 0.2) is 42.7 Å². The van der Waals surface area contributed by atoms with Gasteiger partial charge in [-0.3, -0.25) is 15.1 Å². The first-order chi connectivity index (χ1) is 9.16. The summed E-state index contributed by atoms with van der Waals surface area (Å²) in [6, 6.07) is 8.44. The van der Waals surface area contributed by atoms with Crippen LogP contribution < -0.4 is 5.32 Å². The third-order valence-corrected chi connectivity index (χ3v) is 2.66. The Kier molecular flexibility index (Phi) is 3.92. The van der Waals surface area contributed by atoms with Crippen molar-refractivity contribution >= 4 is 11.4 Å². The minimum absolute atomic E-state index is 0.0341. The SMILES string of the molecule is O=[N+]([O-])c1cnccc1NCCc1ccc(O)cc1. The number of phenols is 1. The van der Waals surface area contributed by atoms with E-state index in [1.165, 1.54) is 12.4 Å². The van der Waals surface area contributed by atoms with Crippen LogP contribution in [0.5, 0.6) is 5.75 Å². The smallest absolute Gasteiger partial charge is 0.310 e. The van der Waals surface area contributed by atoms with Crippen LogP contribution in [0.25, 0.3) is 0 Å². The Labute approximate surface area is 109 Å². The van der Waals surface area contributed by atoms with E-state index in [1.807, 2.05) is 12.1 Å². The molecule has 6 heteroatoms. The third-order valence-electron chi connectivity index (χ3n) is 2.66. The molecular formula is C13H13N3O3. The second-order valence-electron chi connectivity index (χ2n) is 3.99. The monoisotopic (exact) mass is 259 g/mol. The molecule has 0 amide bonds. The zero-order chi connectivity index (χ0) is 13.7. The van der Waals surface area contributed by atoms with Crippen LogP contribution >= 0.6 is 0 Å². The maximum absolute atomic E-state index is 10.8. The maximum atomic E-state index is 10.8. The van der Waals surface area contributed by atoms with Gasteiger partial charge in [-0.1, -0.05) is 12.1 Å². The fourth-order valence-corrected chi connectivity index (χ4v) is 1.69. The predicted molar refractivity (Wildman–Crippen MR) is 71.2 cm³/mol. The van der Waals surface area contributed by atoms with Gasteiger partial charge in [0.2, 0.25) is 0 Å². The number of nitro groups is 1. The molecule has 0 bridgehead atoms. The molecule has 2 aromatic rings. The molecule has 98 valence electrons. The van der Waals surface area contributed by atoms with Crippen molar-refractivity contribution in [2.75, 3.05) is 11.9 Å². The highest BCUT2D eigenvalue weighted by Crippen LogP contribution is 2.21. The van der Waals surface area contributed by atoms with Crippen molar-refractivity contribution in [2.24, 2.45) is 0 Å². The standard InChI is InChI=1S/C13H13N3O3/c17-11-3-1-10(2-4-11)5-8-15-12-6-7-14-9-13(12)16(18)19/h1-4,6-7,9,17H,5,8H2,(H,14,15). The highest BCUT2D eigenvalue weighted by atomic mass is 16.6. The van der Waals surface area contributed by atoms with Gasteiger partial charge in [-0.2, -0.15) is 0 Å². The number of nitrogens with one attached hydrogen (secondary N) is 1. The zero-order valence-corrected chi connectivity index (χ0v) is 10.1. The molecule has 0 fully saturated rings. The van der Waals surface area contributed by atoms with Crippen LogP contribution in [-0.2, 0) is 6.42 Å². The van der Waals surface area contributed by atoms with Crippen molar-refractivity contribution in [1.82, 2.24) is 4.98 Å². The summed E-state index contributed by atoms with van der Waals surface area (Å²) in [5.41, 5.74) is 1.47. The summed E-state index contributed by atoms with van der Waals surface area (Å²) in [6.07, 6.45) is 3.44. The van der Waals surface area contributed by atoms with Gasteiger partial charge in [-0.25, -0.2) is 0 Å². The molecular weight excluding hydrogens is 246 g/mol. The van der Waals surface area contributed by atoms with E-state index in [-0.39, 0.29) is 11.4 Å². The molecule has 0 aliphatic carbocycles. The van der Waals surface area contributed by atoms with Crippen LogP contribution in [-0.4, -0.2) is 21.6 Å². The molecule has 1 aromatic heterocycles. The average Bonchev–Trinajstić information content (AvgIpc) is 2.41. The van der Waals surface area contributed by atoms with Gasteiger partial charge in [-0.05, 0) is 30.2 Å². The number of aromatic hydroxyl groups is 1. The van der Waals surface area contributed by atoms with E-state index < -0.39 is 4.92 Å². The first-order valence-electron chi connectivity index (χ1n) is 5.77. The molecule has 0 atom stereocenters. The molecule has 0 saturated carbocycles. The van der Waals surface area contributed by atoms with E-state index in [2.05, 4.69) is 10.3 Å². The minimum Gasteiger partial charge on any atom is -0.508 e. The molecule has 19 heavy (non-hydrogen) atoms. The van der Waals surface area contributed by atoms with Crippen molar-refractivity contribution in [3.63, 3.8) is 0 Å². The van der Waals surface area contributed by atoms with Crippen molar-refractivity contribution < 1.29 is 10.0 Å². The van der Waals surface area contributed by atoms with E-state index in [4.69, 9.17) is 5.11 Å². The van der Waals surface area contributed by atoms with Gasteiger partial charge in [0.15, 0.2) is 0 Å². The lowest BCUT2D eigenvalue weighted by atomic mass is 10.1. The lowest BCUT2D eigenvalue weighted by molar-refractivity contribution is -0.384. The van der Waals surface area contributed by atoms with Crippen molar-refractivity contribution in [1.29, 1.82) is 0 Å². The molecule has 0 saturated heterocycles. The van der Waals surface area contributed by atoms with E-state index in [0.29, 0.717) is 18.7 Å². The molecule has 0 spiro atoms. The Bertz CT molecular complexity index is 570. The minimum atomic E-state index is -0.462. The molecule has 0 radical (unpaired) electrons. The fourth-order valence-electron chi connectivity index (χ4n) is 1.69. The second-order valence-corrected chi connectivity index (χ2v) is 3.99. The molecule has 1 aromatic carbocycles. The van der Waals surface area contributed by atoms with Crippen LogP contribution in [0.1, 0.15) is 5.56 Å². The first kappa shape index (κ1) is 12.8. The van der Waals surface area contributed by atoms with Crippen molar-refractivity contribution in [3.8, 4) is 5.75 Å². The quantitative estimate of drug-likeness (QED) is 0.635. The van der Waals surface area contributed by atoms with E-state index in [1.54, 1.807) is 18.2 Å². The largest absolute Gasteiger partial charge is 0.508 e. The Hall–Kier alpha value is -2.63. The van der Waals surface area contributed by atoms with Gasteiger partial charge in [0.05, 0.1) is 4.92 Å². The Morgan fingerprint density at radius 3 is 2.68 bits per heavy atom. The van der Waals surface area contributed by atoms with Crippen molar-refractivity contribution in [2.45, 2.75) is 6.42 Å². The van der Waals surface area contributed by atoms with Crippen LogP contribution in [0.3, 0.4) is 0 Å². The normalized spacial score (nSPS) is 10.1. The van der Waals surface area contributed by atoms with Gasteiger partial charge in [-0.15, -0.1) is 0 Å². The van der Waals surface area contributed by atoms with Crippen LogP contribution in [0, 0.1) is 10.1 Å². The van der Waals surface area contributed by atoms with Gasteiger partial charge < -0.3 is 10.4 Å². The van der Waals surface area contributed by atoms with Gasteiger partial charge in [0.25, 0.3) is 0 Å². The molecule has 0 aliphatic heterocycles. The lowest BCUT2D eigenvalue weighted by Gasteiger charge is -2.06. The Morgan fingerprint density at radius 2 is 2.00 bits per heavy atom. The van der Waals surface area contributed by atoms with E-state index in [9.17, 15) is 10.1 Å². The van der Waals surface area contributed by atoms with Crippen molar-refractivity contribution in [3.05, 3.63) is 58.4 Å². The summed E-state index contributed by atoms with van der Waals surface area (Å²) in [7, 11) is 0. The number of phenolic OH excluding ortho intramolecular Hbond substituents is 1. The molecule has 2 N–H and O–H groups in total. The zero-order valence-electron chi connectivity index (χ0n) is 10.1. The Balaban J connectivity index is 1.96. The summed E-state index contributed by atoms with van der Waals surface area (Å²) in [4.78, 5) is 14.1. The second kappa shape index (κ2) is 5.81. The third kappa shape index (κ3) is 3.41. The highest BCUT2D eigenvalue weighted by Gasteiger charge is 2.12. The fraction of sp³-hybridized carbons (Fsp3) is 0.154. The molecule has 6 nitrogen and oxygen atoms in total. The summed E-state index contributed by atoms with van der Waals surface area (Å²) in [5, 5.41) is 23.0. The molecule has 2 rings (SSSR count). The van der Waals surface area contributed by atoms with E-state index >= 15 is 0 Å². The van der Waals surface area contributed by atoms with Gasteiger partial charge in [0.1, 0.15) is 17.6 Å². The number of pyridine rings is 1. The first-order valence-corrected chi connectivity index (χ1v) is 5.77. The summed E-state index contributed by atoms with van der Waals surface area (Å²) >= 11 is 0. The lowest BCUT2D eigenvalue weighted by Crippen LogP contribution is -2.07. The summed E-state index contributed by atoms with van der Waals surface area (Å²) < 4.78 is 0. The molecule has 0 unspecified atom stereocenters. The predicted octanol–water partition coefficient (Wildman–Crippen LogP) is 2.35. The van der Waals surface area contributed by atoms with Gasteiger partial charge >= 0.3 is 5.69 Å². The van der Waals surface area contributed by atoms with Crippen LogP contribution in [0.2, 0.25) is 0 Å². The maximum Gasteiger partial charge on any atom is 0.310 e. The number of rotatable bonds is 5. The Morgan fingerprint density at radius 1 is 1.26 bits per heavy atom. The number of nitrogens with zero attached hydrogens (tertiary/aromatic N) is 2. The highest BCUT2D eigenvalue weighted by molar-refractivity contribution is 5.59. The number of hydrogen-bond donors (Lipinski definition) is 2. The van der Waals surface area contributed by atoms with Crippen LogP contribution in [0.4, 0.5) is 11.4 Å². The number of anilines is 1. The van der Waals surface area contributed by atoms with E-state index in [0.717, 1.165) is 5.56 Å². The summed E-state index contributed by atoms with van der Waals surface area (Å²) in [6.45, 7) is 0.565. The molecule has 0 aliphatic rings. The average molecular weight is 259 g/mol. The number of hydrogen-bond acceptors (Lipinski definition) is 5. The van der Waals surface area contributed by atoms with Gasteiger partial charge in [0, 0.05) is 12.7 Å².